The van der Waals surface area contributed by atoms with Crippen molar-refractivity contribution in [3.05, 3.63) is 72.0 Å². The Kier molecular flexibility index (Phi) is 6.99. The van der Waals surface area contributed by atoms with Gasteiger partial charge in [0.25, 0.3) is 5.91 Å². The highest BCUT2D eigenvalue weighted by molar-refractivity contribution is 5.94. The Morgan fingerprint density at radius 3 is 2.71 bits per heavy atom. The molecule has 1 fully saturated rings. The summed E-state index contributed by atoms with van der Waals surface area (Å²) in [4.78, 5) is 14.4. The Balaban J connectivity index is 1.22. The first kappa shape index (κ1) is 21.1. The van der Waals surface area contributed by atoms with Crippen molar-refractivity contribution in [2.75, 3.05) is 26.8 Å². The first-order chi connectivity index (χ1) is 15.2. The Hall–Kier alpha value is -3.12. The number of benzene rings is 2. The van der Waals surface area contributed by atoms with Crippen molar-refractivity contribution in [2.45, 2.75) is 31.8 Å². The molecule has 1 amide bonds. The molecule has 2 aromatic carbocycles. The minimum absolute atomic E-state index is 0.00628. The normalized spacial score (nSPS) is 15.7. The van der Waals surface area contributed by atoms with Gasteiger partial charge in [-0.15, -0.1) is 0 Å². The molecule has 0 saturated carbocycles. The number of carbonyl (C=O) groups excluding carboxylic acids is 1. The SMILES string of the molecule is CN(CCCc1cc(-c2ccccc2)no1)C(=O)c1ccc(OCC2CCCO2)cc1. The van der Waals surface area contributed by atoms with E-state index in [1.165, 1.54) is 0 Å². The predicted molar refractivity (Wildman–Crippen MR) is 118 cm³/mol. The molecule has 1 saturated heterocycles. The molecule has 3 aromatic rings. The number of aromatic nitrogens is 1. The molecule has 1 aliphatic heterocycles. The van der Waals surface area contributed by atoms with E-state index in [4.69, 9.17) is 14.0 Å². The maximum Gasteiger partial charge on any atom is 0.253 e. The summed E-state index contributed by atoms with van der Waals surface area (Å²) < 4.78 is 16.8. The van der Waals surface area contributed by atoms with Gasteiger partial charge in [-0.1, -0.05) is 35.5 Å². The zero-order valence-electron chi connectivity index (χ0n) is 17.8. The van der Waals surface area contributed by atoms with Gasteiger partial charge in [0, 0.05) is 43.8 Å². The van der Waals surface area contributed by atoms with Gasteiger partial charge >= 0.3 is 0 Å². The molecule has 0 bridgehead atoms. The second-order valence-electron chi connectivity index (χ2n) is 7.85. The van der Waals surface area contributed by atoms with E-state index >= 15 is 0 Å². The van der Waals surface area contributed by atoms with Gasteiger partial charge in [-0.05, 0) is 43.5 Å². The van der Waals surface area contributed by atoms with Crippen molar-refractivity contribution in [1.29, 1.82) is 0 Å². The van der Waals surface area contributed by atoms with Gasteiger partial charge in [0.05, 0.1) is 6.10 Å². The third kappa shape index (κ3) is 5.73. The molecule has 162 valence electrons. The lowest BCUT2D eigenvalue weighted by Gasteiger charge is -2.17. The van der Waals surface area contributed by atoms with Gasteiger partial charge in [-0.3, -0.25) is 4.79 Å². The Morgan fingerprint density at radius 2 is 1.97 bits per heavy atom. The fraction of sp³-hybridized carbons (Fsp3) is 0.360. The van der Waals surface area contributed by atoms with E-state index in [2.05, 4.69) is 5.16 Å². The highest BCUT2D eigenvalue weighted by atomic mass is 16.5. The average molecular weight is 421 g/mol. The minimum atomic E-state index is -0.00628. The molecule has 4 rings (SSSR count). The number of aryl methyl sites for hydroxylation is 1. The molecule has 1 unspecified atom stereocenters. The van der Waals surface area contributed by atoms with E-state index in [0.29, 0.717) is 18.7 Å². The van der Waals surface area contributed by atoms with Gasteiger partial charge in [-0.25, -0.2) is 0 Å². The lowest BCUT2D eigenvalue weighted by molar-refractivity contribution is 0.0679. The Bertz CT molecular complexity index is 963. The average Bonchev–Trinajstić information content (AvgIpc) is 3.50. The molecule has 1 atom stereocenters. The van der Waals surface area contributed by atoms with Crippen LogP contribution in [0.3, 0.4) is 0 Å². The van der Waals surface area contributed by atoms with Crippen molar-refractivity contribution in [3.63, 3.8) is 0 Å². The summed E-state index contributed by atoms with van der Waals surface area (Å²) in [6.45, 7) is 2.01. The smallest absolute Gasteiger partial charge is 0.253 e. The number of rotatable bonds is 9. The lowest BCUT2D eigenvalue weighted by Crippen LogP contribution is -2.28. The standard InChI is InChI=1S/C25H28N2O4/c1-27(15-5-9-22-17-24(26-31-22)19-7-3-2-4-8-19)25(28)20-11-13-21(14-12-20)30-18-23-10-6-16-29-23/h2-4,7-8,11-14,17,23H,5-6,9-10,15-16,18H2,1H3. The number of ether oxygens (including phenoxy) is 2. The van der Waals surface area contributed by atoms with Crippen molar-refractivity contribution in [2.24, 2.45) is 0 Å². The fourth-order valence-corrected chi connectivity index (χ4v) is 3.65. The first-order valence-electron chi connectivity index (χ1n) is 10.8. The van der Waals surface area contributed by atoms with Crippen LogP contribution in [-0.2, 0) is 11.2 Å². The molecule has 31 heavy (non-hydrogen) atoms. The summed E-state index contributed by atoms with van der Waals surface area (Å²) in [5.41, 5.74) is 2.52. The molecule has 0 N–H and O–H groups in total. The molecule has 0 spiro atoms. The summed E-state index contributed by atoms with van der Waals surface area (Å²) in [7, 11) is 1.82. The number of nitrogens with zero attached hydrogens (tertiary/aromatic N) is 2. The van der Waals surface area contributed by atoms with Gasteiger partial charge in [0.1, 0.15) is 23.8 Å². The lowest BCUT2D eigenvalue weighted by atomic mass is 10.1. The van der Waals surface area contributed by atoms with Crippen LogP contribution in [0.25, 0.3) is 11.3 Å². The molecule has 6 heteroatoms. The zero-order valence-corrected chi connectivity index (χ0v) is 17.8. The van der Waals surface area contributed by atoms with E-state index < -0.39 is 0 Å². The summed E-state index contributed by atoms with van der Waals surface area (Å²) in [5.74, 6) is 1.58. The fourth-order valence-electron chi connectivity index (χ4n) is 3.65. The van der Waals surface area contributed by atoms with Crippen molar-refractivity contribution >= 4 is 5.91 Å². The van der Waals surface area contributed by atoms with Gasteiger partial charge in [-0.2, -0.15) is 0 Å². The van der Waals surface area contributed by atoms with E-state index in [1.54, 1.807) is 4.90 Å². The molecule has 6 nitrogen and oxygen atoms in total. The molecule has 0 aliphatic carbocycles. The summed E-state index contributed by atoms with van der Waals surface area (Å²) >= 11 is 0. The largest absolute Gasteiger partial charge is 0.491 e. The van der Waals surface area contributed by atoms with Gasteiger partial charge in [0.15, 0.2) is 0 Å². The van der Waals surface area contributed by atoms with Crippen LogP contribution in [0.2, 0.25) is 0 Å². The maximum absolute atomic E-state index is 12.7. The quantitative estimate of drug-likeness (QED) is 0.506. The van der Waals surface area contributed by atoms with E-state index in [-0.39, 0.29) is 12.0 Å². The number of hydrogen-bond acceptors (Lipinski definition) is 5. The Morgan fingerprint density at radius 1 is 1.16 bits per heavy atom. The van der Waals surface area contributed by atoms with Crippen LogP contribution in [0.15, 0.2) is 65.2 Å². The molecule has 1 aliphatic rings. The van der Waals surface area contributed by atoms with Crippen LogP contribution >= 0.6 is 0 Å². The van der Waals surface area contributed by atoms with Crippen LogP contribution in [0.5, 0.6) is 5.75 Å². The summed E-state index contributed by atoms with van der Waals surface area (Å²) in [5, 5.41) is 4.14. The van der Waals surface area contributed by atoms with Crippen molar-refractivity contribution < 1.29 is 18.8 Å². The monoisotopic (exact) mass is 420 g/mol. The predicted octanol–water partition coefficient (Wildman–Crippen LogP) is 4.60. The number of carbonyl (C=O) groups is 1. The number of hydrogen-bond donors (Lipinski definition) is 0. The topological polar surface area (TPSA) is 64.8 Å². The maximum atomic E-state index is 12.7. The van der Waals surface area contributed by atoms with Crippen LogP contribution in [0.1, 0.15) is 35.4 Å². The highest BCUT2D eigenvalue weighted by Crippen LogP contribution is 2.20. The minimum Gasteiger partial charge on any atom is -0.491 e. The second kappa shape index (κ2) is 10.3. The molecule has 0 radical (unpaired) electrons. The van der Waals surface area contributed by atoms with Gasteiger partial charge in [0.2, 0.25) is 0 Å². The molecular weight excluding hydrogens is 392 g/mol. The third-order valence-corrected chi connectivity index (χ3v) is 5.45. The van der Waals surface area contributed by atoms with Crippen molar-refractivity contribution in [3.8, 4) is 17.0 Å². The number of amides is 1. The zero-order chi connectivity index (χ0) is 21.5. The van der Waals surface area contributed by atoms with E-state index in [9.17, 15) is 4.79 Å². The first-order valence-corrected chi connectivity index (χ1v) is 10.8. The third-order valence-electron chi connectivity index (χ3n) is 5.45. The van der Waals surface area contributed by atoms with E-state index in [0.717, 1.165) is 55.1 Å². The highest BCUT2D eigenvalue weighted by Gasteiger charge is 2.16. The summed E-state index contributed by atoms with van der Waals surface area (Å²) in [6.07, 6.45) is 3.85. The van der Waals surface area contributed by atoms with E-state index in [1.807, 2.05) is 67.7 Å². The van der Waals surface area contributed by atoms with Crippen LogP contribution in [0.4, 0.5) is 0 Å². The van der Waals surface area contributed by atoms with Crippen LogP contribution in [-0.4, -0.2) is 48.9 Å². The molecule has 2 heterocycles. The summed E-state index contributed by atoms with van der Waals surface area (Å²) in [6, 6.07) is 19.2. The van der Waals surface area contributed by atoms with Crippen LogP contribution < -0.4 is 4.74 Å². The molecule has 1 aromatic heterocycles. The Labute approximate surface area is 182 Å². The van der Waals surface area contributed by atoms with Crippen molar-refractivity contribution in [1.82, 2.24) is 10.1 Å². The second-order valence-corrected chi connectivity index (χ2v) is 7.85. The van der Waals surface area contributed by atoms with Crippen LogP contribution in [0, 0.1) is 0 Å². The molecular formula is C25H28N2O4. The van der Waals surface area contributed by atoms with Gasteiger partial charge < -0.3 is 18.9 Å².